The summed E-state index contributed by atoms with van der Waals surface area (Å²) in [4.78, 5) is 0. The summed E-state index contributed by atoms with van der Waals surface area (Å²) in [6, 6.07) is 5.79. The third kappa shape index (κ3) is 3.74. The minimum Gasteiger partial charge on any atom is -0.508 e. The van der Waals surface area contributed by atoms with Gasteiger partial charge in [-0.15, -0.1) is 0 Å². The van der Waals surface area contributed by atoms with Gasteiger partial charge in [0.1, 0.15) is 5.75 Å². The third-order valence-electron chi connectivity index (χ3n) is 4.12. The number of phenolic OH excluding ortho intramolecular Hbond substituents is 1. The molecule has 1 aliphatic rings. The lowest BCUT2D eigenvalue weighted by Gasteiger charge is -2.26. The molecule has 0 saturated heterocycles. The summed E-state index contributed by atoms with van der Waals surface area (Å²) in [5.74, 6) is 2.15. The molecule has 0 aliphatic heterocycles. The minimum atomic E-state index is 0.408. The average Bonchev–Trinajstić information content (AvgIpc) is 2.36. The van der Waals surface area contributed by atoms with E-state index in [1.54, 1.807) is 6.07 Å². The Labute approximate surface area is 110 Å². The van der Waals surface area contributed by atoms with Crippen LogP contribution in [-0.2, 0) is 6.54 Å². The SMILES string of the molecule is Cc1ccc(O)c(CNCC2CCC(C)CC2)c1. The summed E-state index contributed by atoms with van der Waals surface area (Å²) in [6.07, 6.45) is 5.46. The Morgan fingerprint density at radius 1 is 1.22 bits per heavy atom. The predicted octanol–water partition coefficient (Wildman–Crippen LogP) is 3.62. The van der Waals surface area contributed by atoms with Crippen molar-refractivity contribution >= 4 is 0 Å². The van der Waals surface area contributed by atoms with Crippen LogP contribution in [-0.4, -0.2) is 11.7 Å². The Morgan fingerprint density at radius 3 is 2.67 bits per heavy atom. The highest BCUT2D eigenvalue weighted by Crippen LogP contribution is 2.27. The Morgan fingerprint density at radius 2 is 1.94 bits per heavy atom. The van der Waals surface area contributed by atoms with Crippen LogP contribution in [0.2, 0.25) is 0 Å². The normalized spacial score (nSPS) is 24.1. The van der Waals surface area contributed by atoms with Crippen LogP contribution in [0.4, 0.5) is 0 Å². The molecule has 0 heterocycles. The van der Waals surface area contributed by atoms with E-state index in [4.69, 9.17) is 0 Å². The third-order valence-corrected chi connectivity index (χ3v) is 4.12. The zero-order valence-electron chi connectivity index (χ0n) is 11.6. The standard InChI is InChI=1S/C16H25NO/c1-12-3-6-14(7-4-12)10-17-11-15-9-13(2)5-8-16(15)18/h5,8-9,12,14,17-18H,3-4,6-7,10-11H2,1-2H3. The maximum atomic E-state index is 9.77. The summed E-state index contributed by atoms with van der Waals surface area (Å²) in [5.41, 5.74) is 2.22. The molecule has 100 valence electrons. The number of hydrogen-bond donors (Lipinski definition) is 2. The maximum absolute atomic E-state index is 9.77. The quantitative estimate of drug-likeness (QED) is 0.851. The molecule has 0 radical (unpaired) electrons. The van der Waals surface area contributed by atoms with Gasteiger partial charge in [-0.1, -0.05) is 37.5 Å². The van der Waals surface area contributed by atoms with Crippen molar-refractivity contribution in [2.75, 3.05) is 6.54 Å². The van der Waals surface area contributed by atoms with E-state index in [9.17, 15) is 5.11 Å². The van der Waals surface area contributed by atoms with Crippen molar-refractivity contribution < 1.29 is 5.11 Å². The zero-order valence-corrected chi connectivity index (χ0v) is 11.6. The highest BCUT2D eigenvalue weighted by atomic mass is 16.3. The summed E-state index contributed by atoms with van der Waals surface area (Å²) in [5, 5.41) is 13.3. The van der Waals surface area contributed by atoms with Gasteiger partial charge in [0, 0.05) is 12.1 Å². The molecular weight excluding hydrogens is 222 g/mol. The Balaban J connectivity index is 1.76. The van der Waals surface area contributed by atoms with Gasteiger partial charge in [0.15, 0.2) is 0 Å². The first kappa shape index (κ1) is 13.4. The lowest BCUT2D eigenvalue weighted by atomic mass is 9.83. The number of aromatic hydroxyl groups is 1. The van der Waals surface area contributed by atoms with E-state index in [-0.39, 0.29) is 0 Å². The number of rotatable bonds is 4. The van der Waals surface area contributed by atoms with Crippen LogP contribution in [0.5, 0.6) is 5.75 Å². The largest absolute Gasteiger partial charge is 0.508 e. The number of benzene rings is 1. The Kier molecular flexibility index (Phi) is 4.65. The van der Waals surface area contributed by atoms with Crippen LogP contribution in [0, 0.1) is 18.8 Å². The molecule has 1 saturated carbocycles. The molecule has 0 amide bonds. The summed E-state index contributed by atoms with van der Waals surface area (Å²) in [7, 11) is 0. The molecular formula is C16H25NO. The summed E-state index contributed by atoms with van der Waals surface area (Å²) < 4.78 is 0. The second kappa shape index (κ2) is 6.24. The fourth-order valence-corrected chi connectivity index (χ4v) is 2.80. The topological polar surface area (TPSA) is 32.3 Å². The molecule has 2 rings (SSSR count). The van der Waals surface area contributed by atoms with Crippen molar-refractivity contribution in [1.29, 1.82) is 0 Å². The van der Waals surface area contributed by atoms with E-state index >= 15 is 0 Å². The Bertz CT molecular complexity index is 381. The molecule has 0 bridgehead atoms. The lowest BCUT2D eigenvalue weighted by molar-refractivity contribution is 0.281. The predicted molar refractivity (Wildman–Crippen MR) is 75.7 cm³/mol. The number of hydrogen-bond acceptors (Lipinski definition) is 2. The van der Waals surface area contributed by atoms with Crippen molar-refractivity contribution in [3.63, 3.8) is 0 Å². The van der Waals surface area contributed by atoms with Gasteiger partial charge >= 0.3 is 0 Å². The van der Waals surface area contributed by atoms with Crippen molar-refractivity contribution in [2.24, 2.45) is 11.8 Å². The van der Waals surface area contributed by atoms with Crippen LogP contribution in [0.1, 0.15) is 43.7 Å². The number of aryl methyl sites for hydroxylation is 1. The molecule has 1 aromatic carbocycles. The van der Waals surface area contributed by atoms with E-state index in [2.05, 4.69) is 25.2 Å². The van der Waals surface area contributed by atoms with Gasteiger partial charge in [-0.2, -0.15) is 0 Å². The first-order valence-electron chi connectivity index (χ1n) is 7.14. The number of phenols is 1. The van der Waals surface area contributed by atoms with E-state index in [0.29, 0.717) is 5.75 Å². The molecule has 0 atom stereocenters. The van der Waals surface area contributed by atoms with Crippen molar-refractivity contribution in [3.8, 4) is 5.75 Å². The van der Waals surface area contributed by atoms with E-state index in [0.717, 1.165) is 30.5 Å². The van der Waals surface area contributed by atoms with Crippen LogP contribution < -0.4 is 5.32 Å². The fraction of sp³-hybridized carbons (Fsp3) is 0.625. The molecule has 0 unspecified atom stereocenters. The highest BCUT2D eigenvalue weighted by molar-refractivity contribution is 5.35. The van der Waals surface area contributed by atoms with Crippen LogP contribution in [0.15, 0.2) is 18.2 Å². The lowest BCUT2D eigenvalue weighted by Crippen LogP contribution is -2.25. The van der Waals surface area contributed by atoms with Crippen molar-refractivity contribution in [3.05, 3.63) is 29.3 Å². The van der Waals surface area contributed by atoms with Gasteiger partial charge in [-0.25, -0.2) is 0 Å². The maximum Gasteiger partial charge on any atom is 0.120 e. The minimum absolute atomic E-state index is 0.408. The molecule has 1 fully saturated rings. The van der Waals surface area contributed by atoms with Crippen LogP contribution in [0.25, 0.3) is 0 Å². The van der Waals surface area contributed by atoms with Crippen LogP contribution >= 0.6 is 0 Å². The van der Waals surface area contributed by atoms with E-state index in [1.165, 1.54) is 31.2 Å². The van der Waals surface area contributed by atoms with E-state index < -0.39 is 0 Å². The molecule has 1 aliphatic carbocycles. The van der Waals surface area contributed by atoms with Gasteiger partial charge in [-0.05, 0) is 44.2 Å². The Hall–Kier alpha value is -1.02. The second-order valence-electron chi connectivity index (χ2n) is 5.89. The molecule has 0 aromatic heterocycles. The van der Waals surface area contributed by atoms with Crippen molar-refractivity contribution in [2.45, 2.75) is 46.1 Å². The molecule has 2 nitrogen and oxygen atoms in total. The van der Waals surface area contributed by atoms with Gasteiger partial charge in [0.25, 0.3) is 0 Å². The van der Waals surface area contributed by atoms with Crippen molar-refractivity contribution in [1.82, 2.24) is 5.32 Å². The fourth-order valence-electron chi connectivity index (χ4n) is 2.80. The summed E-state index contributed by atoms with van der Waals surface area (Å²) in [6.45, 7) is 6.28. The smallest absolute Gasteiger partial charge is 0.120 e. The van der Waals surface area contributed by atoms with Gasteiger partial charge < -0.3 is 10.4 Å². The van der Waals surface area contributed by atoms with Gasteiger partial charge in [-0.3, -0.25) is 0 Å². The molecule has 2 N–H and O–H groups in total. The second-order valence-corrected chi connectivity index (χ2v) is 5.89. The van der Waals surface area contributed by atoms with Gasteiger partial charge in [0.05, 0.1) is 0 Å². The molecule has 2 heteroatoms. The van der Waals surface area contributed by atoms with Gasteiger partial charge in [0.2, 0.25) is 0 Å². The highest BCUT2D eigenvalue weighted by Gasteiger charge is 2.17. The molecule has 18 heavy (non-hydrogen) atoms. The van der Waals surface area contributed by atoms with Crippen LogP contribution in [0.3, 0.4) is 0 Å². The summed E-state index contributed by atoms with van der Waals surface area (Å²) >= 11 is 0. The zero-order chi connectivity index (χ0) is 13.0. The number of nitrogens with one attached hydrogen (secondary N) is 1. The molecule has 0 spiro atoms. The van der Waals surface area contributed by atoms with E-state index in [1.807, 2.05) is 6.07 Å². The first-order chi connectivity index (χ1) is 8.65. The average molecular weight is 247 g/mol. The monoisotopic (exact) mass is 247 g/mol. The first-order valence-corrected chi connectivity index (χ1v) is 7.14. The molecule has 1 aromatic rings.